The van der Waals surface area contributed by atoms with E-state index < -0.39 is 28.5 Å². The van der Waals surface area contributed by atoms with Gasteiger partial charge in [-0.1, -0.05) is 6.07 Å². The molecule has 0 radical (unpaired) electrons. The average Bonchev–Trinajstić information content (AvgIpc) is 2.61. The lowest BCUT2D eigenvalue weighted by molar-refractivity contribution is -0.119. The second-order valence-electron chi connectivity index (χ2n) is 5.43. The Balaban J connectivity index is 2.01. The number of amides is 1. The Bertz CT molecular complexity index is 924. The summed E-state index contributed by atoms with van der Waals surface area (Å²) < 4.78 is 31.1. The first-order chi connectivity index (χ1) is 12.2. The Morgan fingerprint density at radius 2 is 1.77 bits per heavy atom. The molecule has 8 nitrogen and oxygen atoms in total. The summed E-state index contributed by atoms with van der Waals surface area (Å²) in [5.74, 6) is -1.26. The first-order valence-corrected chi connectivity index (χ1v) is 9.08. The van der Waals surface area contributed by atoms with Gasteiger partial charge < -0.3 is 15.8 Å². The van der Waals surface area contributed by atoms with E-state index in [1.54, 1.807) is 31.2 Å². The molecule has 0 spiro atoms. The standard InChI is InChI=1S/C17H19N3O5S/c1-11-3-8-14(9-15(11)26(23,24)19-2)20-16(21)10-25-17(22)12-4-6-13(18)7-5-12/h3-9,19H,10,18H2,1-2H3,(H,20,21). The van der Waals surface area contributed by atoms with E-state index in [-0.39, 0.29) is 16.1 Å². The molecule has 138 valence electrons. The van der Waals surface area contributed by atoms with Crippen LogP contribution in [-0.2, 0) is 19.6 Å². The molecule has 0 aliphatic rings. The number of nitrogen functional groups attached to an aromatic ring is 1. The van der Waals surface area contributed by atoms with Gasteiger partial charge in [0.1, 0.15) is 0 Å². The average molecular weight is 377 g/mol. The number of carbonyl (C=O) groups is 2. The Morgan fingerprint density at radius 3 is 2.38 bits per heavy atom. The van der Waals surface area contributed by atoms with Gasteiger partial charge in [-0.2, -0.15) is 0 Å². The largest absolute Gasteiger partial charge is 0.452 e. The van der Waals surface area contributed by atoms with Crippen molar-refractivity contribution in [1.29, 1.82) is 0 Å². The highest BCUT2D eigenvalue weighted by Gasteiger charge is 2.16. The van der Waals surface area contributed by atoms with Gasteiger partial charge in [0, 0.05) is 11.4 Å². The number of benzene rings is 2. The summed E-state index contributed by atoms with van der Waals surface area (Å²) in [4.78, 5) is 23.8. The van der Waals surface area contributed by atoms with Crippen LogP contribution in [0, 0.1) is 6.92 Å². The first kappa shape index (κ1) is 19.4. The number of nitrogens with two attached hydrogens (primary N) is 1. The van der Waals surface area contributed by atoms with Crippen molar-refractivity contribution in [3.8, 4) is 0 Å². The number of hydrogen-bond donors (Lipinski definition) is 3. The van der Waals surface area contributed by atoms with E-state index in [1.165, 1.54) is 25.2 Å². The highest BCUT2D eigenvalue weighted by Crippen LogP contribution is 2.20. The molecule has 26 heavy (non-hydrogen) atoms. The summed E-state index contributed by atoms with van der Waals surface area (Å²) in [6.45, 7) is 1.13. The summed E-state index contributed by atoms with van der Waals surface area (Å²) in [7, 11) is -2.35. The zero-order chi connectivity index (χ0) is 19.3. The molecule has 9 heteroatoms. The smallest absolute Gasteiger partial charge is 0.338 e. The molecule has 0 unspecified atom stereocenters. The molecular weight excluding hydrogens is 358 g/mol. The van der Waals surface area contributed by atoms with E-state index in [2.05, 4.69) is 10.0 Å². The summed E-state index contributed by atoms with van der Waals surface area (Å²) in [5.41, 5.74) is 7.12. The van der Waals surface area contributed by atoms with Crippen LogP contribution >= 0.6 is 0 Å². The first-order valence-electron chi connectivity index (χ1n) is 7.59. The highest BCUT2D eigenvalue weighted by molar-refractivity contribution is 7.89. The normalized spacial score (nSPS) is 11.0. The lowest BCUT2D eigenvalue weighted by Gasteiger charge is -2.10. The summed E-state index contributed by atoms with van der Waals surface area (Å²) in [6.07, 6.45) is 0. The number of anilines is 2. The van der Waals surface area contributed by atoms with Crippen LogP contribution in [0.15, 0.2) is 47.4 Å². The molecular formula is C17H19N3O5S. The molecule has 0 aliphatic carbocycles. The third-order valence-corrected chi connectivity index (χ3v) is 5.07. The molecule has 0 atom stereocenters. The van der Waals surface area contributed by atoms with Crippen molar-refractivity contribution < 1.29 is 22.7 Å². The molecule has 0 bridgehead atoms. The van der Waals surface area contributed by atoms with E-state index >= 15 is 0 Å². The third-order valence-electron chi connectivity index (χ3n) is 3.51. The summed E-state index contributed by atoms with van der Waals surface area (Å²) >= 11 is 0. The number of hydrogen-bond acceptors (Lipinski definition) is 6. The summed E-state index contributed by atoms with van der Waals surface area (Å²) in [6, 6.07) is 10.5. The fourth-order valence-corrected chi connectivity index (χ4v) is 3.10. The van der Waals surface area contributed by atoms with Crippen LogP contribution in [0.2, 0.25) is 0 Å². The quantitative estimate of drug-likeness (QED) is 0.514. The van der Waals surface area contributed by atoms with Gasteiger partial charge >= 0.3 is 5.97 Å². The van der Waals surface area contributed by atoms with Crippen LogP contribution in [0.1, 0.15) is 15.9 Å². The number of ether oxygens (including phenoxy) is 1. The van der Waals surface area contributed by atoms with Crippen molar-refractivity contribution in [1.82, 2.24) is 4.72 Å². The van der Waals surface area contributed by atoms with Crippen LogP contribution < -0.4 is 15.8 Å². The maximum Gasteiger partial charge on any atom is 0.338 e. The summed E-state index contributed by atoms with van der Waals surface area (Å²) in [5, 5.41) is 2.49. The number of aryl methyl sites for hydroxylation is 1. The third kappa shape index (κ3) is 4.80. The Labute approximate surface area is 151 Å². The van der Waals surface area contributed by atoms with Gasteiger partial charge in [0.05, 0.1) is 10.5 Å². The zero-order valence-corrected chi connectivity index (χ0v) is 15.1. The molecule has 0 aromatic heterocycles. The molecule has 0 heterocycles. The van der Waals surface area contributed by atoms with Gasteiger partial charge in [-0.05, 0) is 55.9 Å². The van der Waals surface area contributed by atoms with Gasteiger partial charge in [0.2, 0.25) is 10.0 Å². The topological polar surface area (TPSA) is 128 Å². The van der Waals surface area contributed by atoms with Crippen molar-refractivity contribution in [3.63, 3.8) is 0 Å². The van der Waals surface area contributed by atoms with Crippen molar-refractivity contribution in [2.24, 2.45) is 0 Å². The van der Waals surface area contributed by atoms with Crippen LogP contribution in [0.25, 0.3) is 0 Å². The van der Waals surface area contributed by atoms with Gasteiger partial charge in [0.15, 0.2) is 6.61 Å². The van der Waals surface area contributed by atoms with Gasteiger partial charge in [-0.25, -0.2) is 17.9 Å². The molecule has 2 rings (SSSR count). The lowest BCUT2D eigenvalue weighted by atomic mass is 10.2. The number of carbonyl (C=O) groups excluding carboxylic acids is 2. The van der Waals surface area contributed by atoms with E-state index in [1.807, 2.05) is 0 Å². The van der Waals surface area contributed by atoms with Crippen molar-refractivity contribution >= 4 is 33.3 Å². The second kappa shape index (κ2) is 7.98. The Hall–Kier alpha value is -2.91. The number of rotatable bonds is 6. The number of esters is 1. The van der Waals surface area contributed by atoms with Crippen LogP contribution in [-0.4, -0.2) is 33.9 Å². The number of nitrogens with one attached hydrogen (secondary N) is 2. The van der Waals surface area contributed by atoms with E-state index in [4.69, 9.17) is 10.5 Å². The lowest BCUT2D eigenvalue weighted by Crippen LogP contribution is -2.22. The minimum Gasteiger partial charge on any atom is -0.452 e. The van der Waals surface area contributed by atoms with E-state index in [0.29, 0.717) is 11.3 Å². The van der Waals surface area contributed by atoms with Crippen LogP contribution in [0.5, 0.6) is 0 Å². The van der Waals surface area contributed by atoms with Gasteiger partial charge in [-0.15, -0.1) is 0 Å². The SMILES string of the molecule is CNS(=O)(=O)c1cc(NC(=O)COC(=O)c2ccc(N)cc2)ccc1C. The van der Waals surface area contributed by atoms with E-state index in [9.17, 15) is 18.0 Å². The Kier molecular flexibility index (Phi) is 5.96. The van der Waals surface area contributed by atoms with E-state index in [0.717, 1.165) is 0 Å². The van der Waals surface area contributed by atoms with Crippen LogP contribution in [0.3, 0.4) is 0 Å². The predicted octanol–water partition coefficient (Wildman–Crippen LogP) is 1.28. The van der Waals surface area contributed by atoms with Crippen molar-refractivity contribution in [3.05, 3.63) is 53.6 Å². The molecule has 0 fully saturated rings. The molecule has 1 amide bonds. The van der Waals surface area contributed by atoms with Crippen molar-refractivity contribution in [2.75, 3.05) is 24.7 Å². The van der Waals surface area contributed by atoms with Crippen LogP contribution in [0.4, 0.5) is 11.4 Å². The minimum atomic E-state index is -3.65. The zero-order valence-electron chi connectivity index (χ0n) is 14.3. The fourth-order valence-electron chi connectivity index (χ4n) is 2.11. The van der Waals surface area contributed by atoms with Crippen molar-refractivity contribution in [2.45, 2.75) is 11.8 Å². The Morgan fingerprint density at radius 1 is 1.12 bits per heavy atom. The second-order valence-corrected chi connectivity index (χ2v) is 7.29. The fraction of sp³-hybridized carbons (Fsp3) is 0.176. The molecule has 4 N–H and O–H groups in total. The predicted molar refractivity (Wildman–Crippen MR) is 97.2 cm³/mol. The monoisotopic (exact) mass is 377 g/mol. The van der Waals surface area contributed by atoms with Gasteiger partial charge in [0.25, 0.3) is 5.91 Å². The molecule has 0 saturated heterocycles. The molecule has 2 aromatic carbocycles. The maximum atomic E-state index is 12.0. The highest BCUT2D eigenvalue weighted by atomic mass is 32.2. The molecule has 2 aromatic rings. The maximum absolute atomic E-state index is 12.0. The number of sulfonamides is 1. The minimum absolute atomic E-state index is 0.0525. The molecule has 0 aliphatic heterocycles. The molecule has 0 saturated carbocycles. The van der Waals surface area contributed by atoms with Gasteiger partial charge in [-0.3, -0.25) is 4.79 Å².